The predicted molar refractivity (Wildman–Crippen MR) is 130 cm³/mol. The van der Waals surface area contributed by atoms with Crippen LogP contribution in [0.15, 0.2) is 54.2 Å². The van der Waals surface area contributed by atoms with Crippen molar-refractivity contribution in [1.29, 1.82) is 0 Å². The van der Waals surface area contributed by atoms with Crippen LogP contribution in [-0.2, 0) is 6.42 Å². The van der Waals surface area contributed by atoms with E-state index in [1.165, 1.54) is 16.2 Å². The minimum atomic E-state index is -0.258. The van der Waals surface area contributed by atoms with Gasteiger partial charge >= 0.3 is 0 Å². The van der Waals surface area contributed by atoms with E-state index >= 15 is 0 Å². The monoisotopic (exact) mass is 488 g/mol. The Kier molecular flexibility index (Phi) is 5.58. The second kappa shape index (κ2) is 8.90. The Morgan fingerprint density at radius 1 is 1.11 bits per heavy atom. The van der Waals surface area contributed by atoms with Crippen LogP contribution in [0.2, 0.25) is 0 Å². The quantitative estimate of drug-likeness (QED) is 0.556. The molecule has 178 valence electrons. The summed E-state index contributed by atoms with van der Waals surface area (Å²) in [6, 6.07) is 12.7. The summed E-state index contributed by atoms with van der Waals surface area (Å²) < 4.78 is 6.45. The number of nitrogens with one attached hydrogen (secondary N) is 1. The van der Waals surface area contributed by atoms with E-state index in [1.807, 2.05) is 17.0 Å². The topological polar surface area (TPSA) is 91.8 Å². The average Bonchev–Trinajstić information content (AvgIpc) is 3.63. The molecule has 3 aliphatic rings. The highest BCUT2D eigenvalue weighted by Gasteiger charge is 2.38. The minimum Gasteiger partial charge on any atom is -0.488 e. The van der Waals surface area contributed by atoms with Gasteiger partial charge in [-0.3, -0.25) is 24.3 Å². The standard InChI is InChI=1S/C26H24N4O4S/c31-24-18-5-1-2-6-19(18)25(32)30(24)14-20-23-16(8-10-28-20)4-3-7-21(23)34-17-9-11-29(13-17)26(33)22-12-27-15-35-22/h1-7,12,15,17,20,28H,8-11,13-14H2/t17?,20-/m1/s1. The smallest absolute Gasteiger partial charge is 0.265 e. The third-order valence-electron chi connectivity index (χ3n) is 6.90. The first kappa shape index (κ1) is 21.9. The first-order chi connectivity index (χ1) is 17.1. The van der Waals surface area contributed by atoms with E-state index in [0.29, 0.717) is 29.1 Å². The van der Waals surface area contributed by atoms with E-state index in [1.54, 1.807) is 36.0 Å². The molecular formula is C26H24N4O4S. The van der Waals surface area contributed by atoms with Gasteiger partial charge in [0, 0.05) is 25.1 Å². The van der Waals surface area contributed by atoms with Gasteiger partial charge in [0.15, 0.2) is 0 Å². The van der Waals surface area contributed by atoms with Crippen molar-refractivity contribution in [3.8, 4) is 5.75 Å². The van der Waals surface area contributed by atoms with Gasteiger partial charge in [-0.05, 0) is 36.7 Å². The van der Waals surface area contributed by atoms with Gasteiger partial charge in [-0.15, -0.1) is 11.3 Å². The number of nitrogens with zero attached hydrogens (tertiary/aromatic N) is 3. The minimum absolute atomic E-state index is 0.0149. The molecule has 1 N–H and O–H groups in total. The SMILES string of the molecule is O=C(c1cncs1)N1CCC(Oc2cccc3c2[C@@H](CN2C(=O)c4ccccc4C2=O)NCC3)C1. The van der Waals surface area contributed by atoms with Crippen molar-refractivity contribution in [2.45, 2.75) is 25.0 Å². The van der Waals surface area contributed by atoms with Crippen LogP contribution in [0.5, 0.6) is 5.75 Å². The van der Waals surface area contributed by atoms with Crippen LogP contribution in [0.1, 0.15) is 54.0 Å². The number of carbonyl (C=O) groups excluding carboxylic acids is 3. The van der Waals surface area contributed by atoms with Gasteiger partial charge in [-0.2, -0.15) is 0 Å². The lowest BCUT2D eigenvalue weighted by Gasteiger charge is -2.32. The van der Waals surface area contributed by atoms with Crippen molar-refractivity contribution < 1.29 is 19.1 Å². The summed E-state index contributed by atoms with van der Waals surface area (Å²) in [5.74, 6) is 0.212. The van der Waals surface area contributed by atoms with Gasteiger partial charge in [-0.25, -0.2) is 0 Å². The molecule has 3 aromatic rings. The van der Waals surface area contributed by atoms with Gasteiger partial charge in [0.2, 0.25) is 0 Å². The summed E-state index contributed by atoms with van der Waals surface area (Å²) in [5, 5.41) is 3.48. The van der Waals surface area contributed by atoms with E-state index in [4.69, 9.17) is 4.74 Å². The summed E-state index contributed by atoms with van der Waals surface area (Å²) in [7, 11) is 0. The Balaban J connectivity index is 1.21. The molecule has 0 spiro atoms. The zero-order valence-corrected chi connectivity index (χ0v) is 19.8. The van der Waals surface area contributed by atoms with Gasteiger partial charge in [0.1, 0.15) is 16.7 Å². The lowest BCUT2D eigenvalue weighted by molar-refractivity contribution is 0.0635. The summed E-state index contributed by atoms with van der Waals surface area (Å²) >= 11 is 1.34. The van der Waals surface area contributed by atoms with Crippen molar-refractivity contribution in [3.63, 3.8) is 0 Å². The van der Waals surface area contributed by atoms with Crippen molar-refractivity contribution in [1.82, 2.24) is 20.1 Å². The van der Waals surface area contributed by atoms with E-state index in [2.05, 4.69) is 16.4 Å². The molecular weight excluding hydrogens is 464 g/mol. The number of imide groups is 1. The maximum absolute atomic E-state index is 13.0. The Labute approximate surface area is 206 Å². The van der Waals surface area contributed by atoms with E-state index < -0.39 is 0 Å². The molecule has 0 saturated carbocycles. The highest BCUT2D eigenvalue weighted by Crippen LogP contribution is 2.35. The number of hydrogen-bond acceptors (Lipinski definition) is 7. The number of amides is 3. The molecule has 1 fully saturated rings. The summed E-state index contributed by atoms with van der Waals surface area (Å²) in [6.07, 6.45) is 3.06. The molecule has 8 nitrogen and oxygen atoms in total. The van der Waals surface area contributed by atoms with E-state index in [0.717, 1.165) is 36.3 Å². The van der Waals surface area contributed by atoms with Gasteiger partial charge in [0.25, 0.3) is 17.7 Å². The van der Waals surface area contributed by atoms with Crippen LogP contribution in [0.4, 0.5) is 0 Å². The molecule has 0 radical (unpaired) electrons. The molecule has 6 rings (SSSR count). The molecule has 9 heteroatoms. The van der Waals surface area contributed by atoms with Gasteiger partial charge in [-0.1, -0.05) is 24.3 Å². The molecule has 2 atom stereocenters. The maximum atomic E-state index is 13.0. The Morgan fingerprint density at radius 2 is 1.91 bits per heavy atom. The lowest BCUT2D eigenvalue weighted by Crippen LogP contribution is -2.41. The number of hydrogen-bond donors (Lipinski definition) is 1. The predicted octanol–water partition coefficient (Wildman–Crippen LogP) is 2.92. The molecule has 3 amide bonds. The van der Waals surface area contributed by atoms with E-state index in [9.17, 15) is 14.4 Å². The molecule has 4 heterocycles. The van der Waals surface area contributed by atoms with E-state index in [-0.39, 0.29) is 36.4 Å². The summed E-state index contributed by atoms with van der Waals surface area (Å²) in [6.45, 7) is 2.13. The number of aromatic nitrogens is 1. The first-order valence-electron chi connectivity index (χ1n) is 11.7. The highest BCUT2D eigenvalue weighted by atomic mass is 32.1. The van der Waals surface area contributed by atoms with Crippen molar-refractivity contribution in [3.05, 3.63) is 81.3 Å². The zero-order chi connectivity index (χ0) is 23.9. The number of rotatable bonds is 5. The largest absolute Gasteiger partial charge is 0.488 e. The molecule has 35 heavy (non-hydrogen) atoms. The molecule has 1 aromatic heterocycles. The fourth-order valence-electron chi connectivity index (χ4n) is 5.20. The second-order valence-electron chi connectivity index (χ2n) is 9.00. The molecule has 0 bridgehead atoms. The van der Waals surface area contributed by atoms with Crippen molar-refractivity contribution in [2.75, 3.05) is 26.2 Å². The van der Waals surface area contributed by atoms with Crippen molar-refractivity contribution in [2.24, 2.45) is 0 Å². The molecule has 0 aliphatic carbocycles. The third-order valence-corrected chi connectivity index (χ3v) is 7.66. The highest BCUT2D eigenvalue weighted by molar-refractivity contribution is 7.11. The van der Waals surface area contributed by atoms with Crippen LogP contribution in [-0.4, -0.2) is 64.8 Å². The number of likely N-dealkylation sites (tertiary alicyclic amines) is 1. The third kappa shape index (κ3) is 3.90. The summed E-state index contributed by atoms with van der Waals surface area (Å²) in [4.78, 5) is 46.4. The van der Waals surface area contributed by atoms with Crippen LogP contribution < -0.4 is 10.1 Å². The fourth-order valence-corrected chi connectivity index (χ4v) is 5.78. The zero-order valence-electron chi connectivity index (χ0n) is 19.0. The maximum Gasteiger partial charge on any atom is 0.265 e. The number of benzene rings is 2. The number of thiazole rings is 1. The lowest BCUT2D eigenvalue weighted by atomic mass is 9.93. The Morgan fingerprint density at radius 3 is 2.66 bits per heavy atom. The fraction of sp³-hybridized carbons (Fsp3) is 0.308. The molecule has 2 aromatic carbocycles. The average molecular weight is 489 g/mol. The summed E-state index contributed by atoms with van der Waals surface area (Å²) in [5.41, 5.74) is 4.71. The van der Waals surface area contributed by atoms with Crippen LogP contribution in [0.25, 0.3) is 0 Å². The van der Waals surface area contributed by atoms with Gasteiger partial charge < -0.3 is 15.0 Å². The Bertz CT molecular complexity index is 1270. The number of fused-ring (bicyclic) bond motifs is 2. The van der Waals surface area contributed by atoms with Crippen molar-refractivity contribution >= 4 is 29.1 Å². The normalized spacial score (nSPS) is 21.3. The van der Waals surface area contributed by atoms with Crippen LogP contribution in [0.3, 0.4) is 0 Å². The molecule has 3 aliphatic heterocycles. The first-order valence-corrected chi connectivity index (χ1v) is 12.6. The molecule has 1 unspecified atom stereocenters. The Hall–Kier alpha value is -3.56. The number of ether oxygens (including phenoxy) is 1. The van der Waals surface area contributed by atoms with Gasteiger partial charge in [0.05, 0.1) is 35.4 Å². The van der Waals surface area contributed by atoms with Crippen LogP contribution >= 0.6 is 11.3 Å². The molecule has 1 saturated heterocycles. The van der Waals surface area contributed by atoms with Crippen LogP contribution in [0, 0.1) is 0 Å². The number of carbonyl (C=O) groups is 3. The second-order valence-corrected chi connectivity index (χ2v) is 9.88.